The summed E-state index contributed by atoms with van der Waals surface area (Å²) in [6.07, 6.45) is 1.32. The molecule has 0 fully saturated rings. The predicted octanol–water partition coefficient (Wildman–Crippen LogP) is 1.20. The van der Waals surface area contributed by atoms with Crippen LogP contribution in [0.3, 0.4) is 0 Å². The van der Waals surface area contributed by atoms with Gasteiger partial charge < -0.3 is 0 Å². The molecule has 1 N–H and O–H groups in total. The molecule has 1 aromatic carbocycles. The molecule has 0 aliphatic carbocycles. The quantitative estimate of drug-likeness (QED) is 0.489. The first kappa shape index (κ1) is 13.3. The lowest BCUT2D eigenvalue weighted by Gasteiger charge is -2.04. The molecule has 0 atom stereocenters. The fourth-order valence-corrected chi connectivity index (χ4v) is 2.06. The van der Waals surface area contributed by atoms with Crippen LogP contribution in [0.5, 0.6) is 0 Å². The first-order valence-corrected chi connectivity index (χ1v) is 5.91. The highest BCUT2D eigenvalue weighted by Gasteiger charge is 2.19. The fraction of sp³-hybridized carbons (Fsp3) is 0.111. The van der Waals surface area contributed by atoms with Gasteiger partial charge in [-0.2, -0.15) is 4.39 Å². The van der Waals surface area contributed by atoms with Crippen molar-refractivity contribution in [2.24, 2.45) is 0 Å². The van der Waals surface area contributed by atoms with Gasteiger partial charge in [0.15, 0.2) is 0 Å². The average Bonchev–Trinajstić information content (AvgIpc) is 2.25. The zero-order valence-corrected chi connectivity index (χ0v) is 9.41. The van der Waals surface area contributed by atoms with Gasteiger partial charge in [0.2, 0.25) is 15.8 Å². The number of halogens is 1. The van der Waals surface area contributed by atoms with Gasteiger partial charge in [-0.3, -0.25) is 10.1 Å². The Kier molecular flexibility index (Phi) is 3.92. The Bertz CT molecular complexity index is 556. The number of benzene rings is 1. The Hall–Kier alpha value is -1.80. The van der Waals surface area contributed by atoms with Gasteiger partial charge in [0.25, 0.3) is 0 Å². The monoisotopic (exact) mass is 260 g/mol. The van der Waals surface area contributed by atoms with E-state index < -0.39 is 26.5 Å². The Balaban J connectivity index is 3.13. The van der Waals surface area contributed by atoms with Crippen molar-refractivity contribution in [2.75, 3.05) is 6.54 Å². The zero-order valence-electron chi connectivity index (χ0n) is 8.59. The molecule has 0 aliphatic heterocycles. The van der Waals surface area contributed by atoms with Crippen LogP contribution in [0.1, 0.15) is 0 Å². The molecule has 0 aromatic heterocycles. The average molecular weight is 260 g/mol. The lowest BCUT2D eigenvalue weighted by Crippen LogP contribution is -2.23. The van der Waals surface area contributed by atoms with Crippen molar-refractivity contribution in [3.05, 3.63) is 46.8 Å². The second-order valence-corrected chi connectivity index (χ2v) is 4.78. The Labute approximate surface area is 97.0 Å². The third-order valence-electron chi connectivity index (χ3n) is 1.84. The van der Waals surface area contributed by atoms with Crippen LogP contribution in [-0.4, -0.2) is 19.9 Å². The summed E-state index contributed by atoms with van der Waals surface area (Å²) in [5.41, 5.74) is -0.771. The Morgan fingerprint density at radius 2 is 2.18 bits per heavy atom. The molecule has 6 nitrogen and oxygen atoms in total. The van der Waals surface area contributed by atoms with E-state index in [-0.39, 0.29) is 11.4 Å². The molecule has 1 rings (SSSR count). The molecule has 0 bridgehead atoms. The molecule has 0 saturated heterocycles. The number of nitro benzene ring substituents is 1. The van der Waals surface area contributed by atoms with Crippen molar-refractivity contribution in [1.82, 2.24) is 4.72 Å². The van der Waals surface area contributed by atoms with E-state index in [2.05, 4.69) is 11.3 Å². The van der Waals surface area contributed by atoms with E-state index in [0.717, 1.165) is 12.1 Å². The molecule has 17 heavy (non-hydrogen) atoms. The number of sulfonamides is 1. The molecule has 0 unspecified atom stereocenters. The molecule has 8 heteroatoms. The molecule has 0 amide bonds. The number of rotatable bonds is 5. The Morgan fingerprint density at radius 3 is 2.65 bits per heavy atom. The van der Waals surface area contributed by atoms with E-state index in [1.165, 1.54) is 6.08 Å². The summed E-state index contributed by atoms with van der Waals surface area (Å²) in [6.45, 7) is 3.31. The first-order chi connectivity index (χ1) is 7.88. The van der Waals surface area contributed by atoms with Gasteiger partial charge in [-0.05, 0) is 6.07 Å². The van der Waals surface area contributed by atoms with Crippen molar-refractivity contribution in [1.29, 1.82) is 0 Å². The standard InChI is InChI=1S/C9H9FN2O4S/c1-2-5-11-17(15,16)7-3-4-9(12(13)14)8(10)6-7/h2-4,6,11H,1,5H2. The van der Waals surface area contributed by atoms with Crippen molar-refractivity contribution < 1.29 is 17.7 Å². The summed E-state index contributed by atoms with van der Waals surface area (Å²) in [5.74, 6) is -1.20. The third-order valence-corrected chi connectivity index (χ3v) is 3.27. The van der Waals surface area contributed by atoms with Crippen LogP contribution >= 0.6 is 0 Å². The predicted molar refractivity (Wildman–Crippen MR) is 58.4 cm³/mol. The summed E-state index contributed by atoms with van der Waals surface area (Å²) in [5, 5.41) is 10.3. The SMILES string of the molecule is C=CCNS(=O)(=O)c1ccc([N+](=O)[O-])c(F)c1. The fourth-order valence-electron chi connectivity index (χ4n) is 1.05. The molecular formula is C9H9FN2O4S. The van der Waals surface area contributed by atoms with Crippen molar-refractivity contribution in [3.8, 4) is 0 Å². The van der Waals surface area contributed by atoms with Gasteiger partial charge in [0.1, 0.15) is 0 Å². The van der Waals surface area contributed by atoms with Crippen LogP contribution in [0.4, 0.5) is 10.1 Å². The maximum Gasteiger partial charge on any atom is 0.304 e. The summed E-state index contributed by atoms with van der Waals surface area (Å²) >= 11 is 0. The van der Waals surface area contributed by atoms with Gasteiger partial charge in [-0.15, -0.1) is 6.58 Å². The molecule has 0 aliphatic rings. The van der Waals surface area contributed by atoms with E-state index in [1.807, 2.05) is 0 Å². The maximum absolute atomic E-state index is 13.2. The molecule has 0 saturated carbocycles. The van der Waals surface area contributed by atoms with Gasteiger partial charge in [0, 0.05) is 18.7 Å². The summed E-state index contributed by atoms with van der Waals surface area (Å²) < 4.78 is 38.4. The summed E-state index contributed by atoms with van der Waals surface area (Å²) in [6, 6.07) is 2.37. The number of hydrogen-bond donors (Lipinski definition) is 1. The van der Waals surface area contributed by atoms with Crippen molar-refractivity contribution in [3.63, 3.8) is 0 Å². The van der Waals surface area contributed by atoms with E-state index >= 15 is 0 Å². The van der Waals surface area contributed by atoms with E-state index in [1.54, 1.807) is 0 Å². The van der Waals surface area contributed by atoms with E-state index in [9.17, 15) is 22.9 Å². The van der Waals surface area contributed by atoms with Crippen LogP contribution < -0.4 is 4.72 Å². The first-order valence-electron chi connectivity index (χ1n) is 4.43. The molecule has 1 aromatic rings. The minimum atomic E-state index is -3.87. The van der Waals surface area contributed by atoms with Crippen LogP contribution in [0.2, 0.25) is 0 Å². The molecule has 0 radical (unpaired) electrons. The molecule has 92 valence electrons. The minimum absolute atomic E-state index is 0.0130. The van der Waals surface area contributed by atoms with Crippen molar-refractivity contribution in [2.45, 2.75) is 4.90 Å². The van der Waals surface area contributed by atoms with Crippen molar-refractivity contribution >= 4 is 15.7 Å². The smallest absolute Gasteiger partial charge is 0.258 e. The highest BCUT2D eigenvalue weighted by molar-refractivity contribution is 7.89. The highest BCUT2D eigenvalue weighted by Crippen LogP contribution is 2.20. The van der Waals surface area contributed by atoms with Gasteiger partial charge in [0.05, 0.1) is 9.82 Å². The van der Waals surface area contributed by atoms with Crippen LogP contribution in [0.15, 0.2) is 35.7 Å². The lowest BCUT2D eigenvalue weighted by molar-refractivity contribution is -0.387. The number of hydrogen-bond acceptors (Lipinski definition) is 4. The molecular weight excluding hydrogens is 251 g/mol. The third kappa shape index (κ3) is 3.08. The zero-order chi connectivity index (χ0) is 13.1. The lowest BCUT2D eigenvalue weighted by atomic mass is 10.3. The van der Waals surface area contributed by atoms with Crippen LogP contribution in [0.25, 0.3) is 0 Å². The highest BCUT2D eigenvalue weighted by atomic mass is 32.2. The summed E-state index contributed by atoms with van der Waals surface area (Å²) in [7, 11) is -3.87. The minimum Gasteiger partial charge on any atom is -0.258 e. The van der Waals surface area contributed by atoms with E-state index in [0.29, 0.717) is 6.07 Å². The largest absolute Gasteiger partial charge is 0.304 e. The van der Waals surface area contributed by atoms with Gasteiger partial charge >= 0.3 is 5.69 Å². The van der Waals surface area contributed by atoms with Crippen LogP contribution in [0, 0.1) is 15.9 Å². The van der Waals surface area contributed by atoms with Gasteiger partial charge in [-0.25, -0.2) is 13.1 Å². The number of nitrogens with zero attached hydrogens (tertiary/aromatic N) is 1. The normalized spacial score (nSPS) is 11.1. The number of nitro groups is 1. The second-order valence-electron chi connectivity index (χ2n) is 3.01. The van der Waals surface area contributed by atoms with E-state index in [4.69, 9.17) is 0 Å². The number of nitrogens with one attached hydrogen (secondary N) is 1. The molecule has 0 spiro atoms. The summed E-state index contributed by atoms with van der Waals surface area (Å²) in [4.78, 5) is 9.04. The van der Waals surface area contributed by atoms with Crippen LogP contribution in [-0.2, 0) is 10.0 Å². The molecule has 0 heterocycles. The van der Waals surface area contributed by atoms with Gasteiger partial charge in [-0.1, -0.05) is 6.08 Å². The Morgan fingerprint density at radius 1 is 1.53 bits per heavy atom. The maximum atomic E-state index is 13.2. The second kappa shape index (κ2) is 5.02. The topological polar surface area (TPSA) is 89.3 Å².